The Balaban J connectivity index is 1.74. The SMILES string of the molecule is Cc1ccc(OCCCN2C(N)=NC(N)=NC2c2ccccc2C(F)(F)F)cc1Cl. The number of nitrogens with two attached hydrogens (primary N) is 2. The van der Waals surface area contributed by atoms with Crippen LogP contribution in [0.25, 0.3) is 0 Å². The summed E-state index contributed by atoms with van der Waals surface area (Å²) >= 11 is 6.08. The number of guanidine groups is 2. The van der Waals surface area contributed by atoms with E-state index in [9.17, 15) is 13.2 Å². The molecule has 0 spiro atoms. The maximum absolute atomic E-state index is 13.5. The molecule has 6 nitrogen and oxygen atoms in total. The van der Waals surface area contributed by atoms with Crippen molar-refractivity contribution in [2.45, 2.75) is 25.7 Å². The van der Waals surface area contributed by atoms with E-state index in [2.05, 4.69) is 9.98 Å². The Morgan fingerprint density at radius 2 is 1.90 bits per heavy atom. The third-order valence-electron chi connectivity index (χ3n) is 4.57. The summed E-state index contributed by atoms with van der Waals surface area (Å²) in [5.41, 5.74) is 11.7. The van der Waals surface area contributed by atoms with Crippen molar-refractivity contribution in [3.05, 3.63) is 64.2 Å². The molecule has 0 radical (unpaired) electrons. The Morgan fingerprint density at radius 3 is 2.60 bits per heavy atom. The van der Waals surface area contributed by atoms with E-state index in [0.717, 1.165) is 11.6 Å². The number of nitrogens with zero attached hydrogens (tertiary/aromatic N) is 3. The van der Waals surface area contributed by atoms with Crippen LogP contribution in [0.15, 0.2) is 52.4 Å². The second-order valence-electron chi connectivity index (χ2n) is 6.72. The highest BCUT2D eigenvalue weighted by Gasteiger charge is 2.37. The van der Waals surface area contributed by atoms with Gasteiger partial charge in [0, 0.05) is 17.1 Å². The smallest absolute Gasteiger partial charge is 0.416 e. The number of ether oxygens (including phenoxy) is 1. The van der Waals surface area contributed by atoms with E-state index in [1.807, 2.05) is 13.0 Å². The minimum atomic E-state index is -4.54. The van der Waals surface area contributed by atoms with Crippen molar-refractivity contribution in [2.75, 3.05) is 13.2 Å². The van der Waals surface area contributed by atoms with Gasteiger partial charge in [-0.1, -0.05) is 35.9 Å². The Kier molecular flexibility index (Phi) is 6.40. The number of hydrogen-bond donors (Lipinski definition) is 2. The molecule has 1 atom stereocenters. The Labute approximate surface area is 177 Å². The molecular weight excluding hydrogens is 419 g/mol. The van der Waals surface area contributed by atoms with E-state index in [4.69, 9.17) is 27.8 Å². The van der Waals surface area contributed by atoms with Gasteiger partial charge in [0.05, 0.1) is 12.2 Å². The summed E-state index contributed by atoms with van der Waals surface area (Å²) in [6.45, 7) is 2.45. The molecule has 0 aliphatic carbocycles. The first kappa shape index (κ1) is 21.8. The quantitative estimate of drug-likeness (QED) is 0.664. The normalized spacial score (nSPS) is 16.8. The molecule has 4 N–H and O–H groups in total. The lowest BCUT2D eigenvalue weighted by atomic mass is 10.0. The van der Waals surface area contributed by atoms with Crippen LogP contribution >= 0.6 is 11.6 Å². The van der Waals surface area contributed by atoms with E-state index in [-0.39, 0.29) is 24.0 Å². The van der Waals surface area contributed by atoms with Gasteiger partial charge in [0.1, 0.15) is 5.75 Å². The lowest BCUT2D eigenvalue weighted by Gasteiger charge is -2.33. The van der Waals surface area contributed by atoms with Crippen LogP contribution in [-0.4, -0.2) is 30.0 Å². The van der Waals surface area contributed by atoms with Crippen LogP contribution in [0.2, 0.25) is 5.02 Å². The predicted octanol–water partition coefficient (Wildman–Crippen LogP) is 4.08. The zero-order valence-corrected chi connectivity index (χ0v) is 16.9. The second kappa shape index (κ2) is 8.83. The molecule has 0 saturated carbocycles. The van der Waals surface area contributed by atoms with E-state index >= 15 is 0 Å². The van der Waals surface area contributed by atoms with Crippen molar-refractivity contribution in [2.24, 2.45) is 21.5 Å². The molecule has 0 saturated heterocycles. The molecule has 3 rings (SSSR count). The summed E-state index contributed by atoms with van der Waals surface area (Å²) < 4.78 is 46.1. The Hall–Kier alpha value is -2.94. The molecule has 0 fully saturated rings. The second-order valence-corrected chi connectivity index (χ2v) is 7.13. The van der Waals surface area contributed by atoms with Crippen molar-refractivity contribution < 1.29 is 17.9 Å². The molecule has 2 aromatic carbocycles. The summed E-state index contributed by atoms with van der Waals surface area (Å²) in [6.07, 6.45) is -5.11. The maximum atomic E-state index is 13.5. The lowest BCUT2D eigenvalue weighted by Crippen LogP contribution is -2.45. The summed E-state index contributed by atoms with van der Waals surface area (Å²) in [6, 6.07) is 10.6. The molecule has 0 amide bonds. The number of halogens is 4. The minimum Gasteiger partial charge on any atom is -0.493 e. The van der Waals surface area contributed by atoms with Crippen molar-refractivity contribution in [1.29, 1.82) is 0 Å². The van der Waals surface area contributed by atoms with Gasteiger partial charge in [0.2, 0.25) is 11.9 Å². The minimum absolute atomic E-state index is 0.00265. The Bertz CT molecular complexity index is 977. The summed E-state index contributed by atoms with van der Waals surface area (Å²) in [5.74, 6) is 0.436. The van der Waals surface area contributed by atoms with Crippen LogP contribution < -0.4 is 16.2 Å². The van der Waals surface area contributed by atoms with Crippen LogP contribution in [0, 0.1) is 6.92 Å². The van der Waals surface area contributed by atoms with Crippen molar-refractivity contribution in [3.8, 4) is 5.75 Å². The van der Waals surface area contributed by atoms with Gasteiger partial charge in [-0.05, 0) is 37.1 Å². The highest BCUT2D eigenvalue weighted by Crippen LogP contribution is 2.37. The first-order valence-electron chi connectivity index (χ1n) is 9.16. The molecule has 10 heteroatoms. The van der Waals surface area contributed by atoms with Gasteiger partial charge in [-0.15, -0.1) is 0 Å². The van der Waals surface area contributed by atoms with Crippen molar-refractivity contribution >= 4 is 23.5 Å². The average Bonchev–Trinajstić information content (AvgIpc) is 2.68. The average molecular weight is 440 g/mol. The van der Waals surface area contributed by atoms with Gasteiger partial charge in [-0.25, -0.2) is 4.99 Å². The van der Waals surface area contributed by atoms with Gasteiger partial charge in [0.25, 0.3) is 0 Å². The molecule has 0 bridgehead atoms. The fourth-order valence-corrected chi connectivity index (χ4v) is 3.24. The monoisotopic (exact) mass is 439 g/mol. The number of benzene rings is 2. The summed E-state index contributed by atoms with van der Waals surface area (Å²) in [5, 5.41) is 0.591. The molecule has 1 heterocycles. The molecular formula is C20H21ClF3N5O. The molecule has 0 aromatic heterocycles. The van der Waals surface area contributed by atoms with Gasteiger partial charge >= 0.3 is 6.18 Å². The van der Waals surface area contributed by atoms with E-state index in [1.54, 1.807) is 12.1 Å². The standard InChI is InChI=1S/C20H21ClF3N5O/c1-12-7-8-13(11-16(12)21)30-10-4-9-29-17(27-18(25)28-19(29)26)14-5-2-3-6-15(14)20(22,23)24/h2-3,5-8,11,17H,4,9-10H2,1H3,(H4,25,26,27,28). The number of aliphatic imine (C=N–C) groups is 2. The van der Waals surface area contributed by atoms with Crippen molar-refractivity contribution in [3.63, 3.8) is 0 Å². The Morgan fingerprint density at radius 1 is 1.17 bits per heavy atom. The van der Waals surface area contributed by atoms with Gasteiger partial charge in [-0.3, -0.25) is 0 Å². The number of rotatable bonds is 6. The number of hydrogen-bond acceptors (Lipinski definition) is 6. The molecule has 160 valence electrons. The molecule has 1 aliphatic heterocycles. The fourth-order valence-electron chi connectivity index (χ4n) is 3.07. The summed E-state index contributed by atoms with van der Waals surface area (Å²) in [4.78, 5) is 9.49. The van der Waals surface area contributed by atoms with E-state index < -0.39 is 17.9 Å². The zero-order valence-electron chi connectivity index (χ0n) is 16.2. The molecule has 1 unspecified atom stereocenters. The van der Waals surface area contributed by atoms with E-state index in [0.29, 0.717) is 23.8 Å². The highest BCUT2D eigenvalue weighted by atomic mass is 35.5. The topological polar surface area (TPSA) is 89.2 Å². The first-order valence-corrected chi connectivity index (χ1v) is 9.54. The van der Waals surface area contributed by atoms with Crippen LogP contribution in [0.3, 0.4) is 0 Å². The van der Waals surface area contributed by atoms with Gasteiger partial charge in [-0.2, -0.15) is 18.2 Å². The van der Waals surface area contributed by atoms with Crippen LogP contribution in [0.4, 0.5) is 13.2 Å². The zero-order chi connectivity index (χ0) is 21.9. The lowest BCUT2D eigenvalue weighted by molar-refractivity contribution is -0.138. The third-order valence-corrected chi connectivity index (χ3v) is 4.98. The maximum Gasteiger partial charge on any atom is 0.416 e. The van der Waals surface area contributed by atoms with Crippen LogP contribution in [0.5, 0.6) is 5.75 Å². The highest BCUT2D eigenvalue weighted by molar-refractivity contribution is 6.31. The van der Waals surface area contributed by atoms with E-state index in [1.165, 1.54) is 23.1 Å². The van der Waals surface area contributed by atoms with Crippen molar-refractivity contribution in [1.82, 2.24) is 4.90 Å². The molecule has 30 heavy (non-hydrogen) atoms. The summed E-state index contributed by atoms with van der Waals surface area (Å²) in [7, 11) is 0. The molecule has 2 aromatic rings. The van der Waals surface area contributed by atoms with Crippen LogP contribution in [0.1, 0.15) is 29.3 Å². The van der Waals surface area contributed by atoms with Gasteiger partial charge in [0.15, 0.2) is 6.17 Å². The number of aryl methyl sites for hydroxylation is 1. The third kappa shape index (κ3) is 4.96. The fraction of sp³-hybridized carbons (Fsp3) is 0.300. The molecule has 1 aliphatic rings. The van der Waals surface area contributed by atoms with Gasteiger partial charge < -0.3 is 21.1 Å². The first-order chi connectivity index (χ1) is 14.2. The predicted molar refractivity (Wildman–Crippen MR) is 110 cm³/mol. The number of alkyl halides is 3. The largest absolute Gasteiger partial charge is 0.493 e. The van der Waals surface area contributed by atoms with Crippen LogP contribution in [-0.2, 0) is 6.18 Å².